The molecule has 0 aliphatic heterocycles. The van der Waals surface area contributed by atoms with E-state index in [-0.39, 0.29) is 10.6 Å². The number of hydrogen-bond donors (Lipinski definition) is 1. The Balaban J connectivity index is 2.10. The van der Waals surface area contributed by atoms with Crippen molar-refractivity contribution >= 4 is 11.4 Å². The molecule has 1 aliphatic carbocycles. The van der Waals surface area contributed by atoms with Crippen molar-refractivity contribution in [2.75, 3.05) is 12.4 Å². The molecule has 0 heterocycles. The highest BCUT2D eigenvalue weighted by molar-refractivity contribution is 5.64. The van der Waals surface area contributed by atoms with Crippen LogP contribution in [0.25, 0.3) is 0 Å². The highest BCUT2D eigenvalue weighted by Crippen LogP contribution is 2.39. The number of nitrogens with zero attached hydrogens (tertiary/aromatic N) is 1. The molecular weight excluding hydrogens is 232 g/mol. The van der Waals surface area contributed by atoms with Gasteiger partial charge in [-0.2, -0.15) is 0 Å². The van der Waals surface area contributed by atoms with E-state index in [0.29, 0.717) is 23.4 Å². The van der Waals surface area contributed by atoms with E-state index in [0.717, 1.165) is 12.8 Å². The van der Waals surface area contributed by atoms with Crippen LogP contribution in [0.1, 0.15) is 26.2 Å². The fourth-order valence-electron chi connectivity index (χ4n) is 2.23. The average Bonchev–Trinajstić information content (AvgIpc) is 3.08. The van der Waals surface area contributed by atoms with Gasteiger partial charge in [0, 0.05) is 6.04 Å². The van der Waals surface area contributed by atoms with Gasteiger partial charge in [0.2, 0.25) is 0 Å². The molecule has 0 aromatic heterocycles. The number of rotatable bonds is 6. The molecule has 1 aromatic rings. The molecule has 0 amide bonds. The molecule has 2 unspecified atom stereocenters. The molecule has 98 valence electrons. The van der Waals surface area contributed by atoms with Crippen LogP contribution in [0.5, 0.6) is 5.75 Å². The highest BCUT2D eigenvalue weighted by Gasteiger charge is 2.37. The summed E-state index contributed by atoms with van der Waals surface area (Å²) < 4.78 is 5.01. The first-order valence-corrected chi connectivity index (χ1v) is 6.24. The fourth-order valence-corrected chi connectivity index (χ4v) is 2.23. The first kappa shape index (κ1) is 12.7. The van der Waals surface area contributed by atoms with E-state index in [4.69, 9.17) is 4.74 Å². The van der Waals surface area contributed by atoms with Crippen LogP contribution < -0.4 is 10.1 Å². The third-order valence-corrected chi connectivity index (χ3v) is 3.32. The minimum absolute atomic E-state index is 0.0801. The molecule has 0 radical (unpaired) electrons. The monoisotopic (exact) mass is 250 g/mol. The maximum atomic E-state index is 11.0. The SMILES string of the molecule is CCCC1CC1Nc1ccc(OC)cc1[N+](=O)[O-]. The summed E-state index contributed by atoms with van der Waals surface area (Å²) in [6.45, 7) is 2.16. The summed E-state index contributed by atoms with van der Waals surface area (Å²) in [6, 6.07) is 5.31. The molecule has 5 heteroatoms. The Morgan fingerprint density at radius 3 is 2.94 bits per heavy atom. The Morgan fingerprint density at radius 2 is 2.33 bits per heavy atom. The Bertz CT molecular complexity index is 448. The third-order valence-electron chi connectivity index (χ3n) is 3.32. The second-order valence-electron chi connectivity index (χ2n) is 4.68. The van der Waals surface area contributed by atoms with Crippen LogP contribution in [-0.4, -0.2) is 18.1 Å². The van der Waals surface area contributed by atoms with Gasteiger partial charge in [0.05, 0.1) is 18.1 Å². The third kappa shape index (κ3) is 2.72. The van der Waals surface area contributed by atoms with Crippen LogP contribution >= 0.6 is 0 Å². The molecule has 0 saturated heterocycles. The maximum absolute atomic E-state index is 11.0. The predicted octanol–water partition coefficient (Wildman–Crippen LogP) is 3.20. The summed E-state index contributed by atoms with van der Waals surface area (Å²) in [5.74, 6) is 1.17. The number of anilines is 1. The predicted molar refractivity (Wildman–Crippen MR) is 70.1 cm³/mol. The van der Waals surface area contributed by atoms with E-state index in [1.165, 1.54) is 19.6 Å². The molecule has 2 atom stereocenters. The van der Waals surface area contributed by atoms with E-state index in [1.54, 1.807) is 12.1 Å². The van der Waals surface area contributed by atoms with Gasteiger partial charge in [-0.05, 0) is 30.9 Å². The van der Waals surface area contributed by atoms with Gasteiger partial charge in [0.15, 0.2) is 0 Å². The van der Waals surface area contributed by atoms with Crippen molar-refractivity contribution < 1.29 is 9.66 Å². The standard InChI is InChI=1S/C13H18N2O3/c1-3-4-9-7-12(9)14-11-6-5-10(18-2)8-13(11)15(16)17/h5-6,8-9,12,14H,3-4,7H2,1-2H3. The maximum Gasteiger partial charge on any atom is 0.296 e. The van der Waals surface area contributed by atoms with Crippen molar-refractivity contribution in [3.8, 4) is 5.75 Å². The molecule has 2 rings (SSSR count). The largest absolute Gasteiger partial charge is 0.496 e. The van der Waals surface area contributed by atoms with Crippen LogP contribution in [0.4, 0.5) is 11.4 Å². The minimum Gasteiger partial charge on any atom is -0.496 e. The molecule has 0 bridgehead atoms. The van der Waals surface area contributed by atoms with E-state index in [2.05, 4.69) is 12.2 Å². The van der Waals surface area contributed by atoms with Crippen molar-refractivity contribution in [2.24, 2.45) is 5.92 Å². The topological polar surface area (TPSA) is 64.4 Å². The molecule has 1 fully saturated rings. The molecule has 1 N–H and O–H groups in total. The lowest BCUT2D eigenvalue weighted by Gasteiger charge is -2.08. The van der Waals surface area contributed by atoms with E-state index in [1.807, 2.05) is 0 Å². The quantitative estimate of drug-likeness (QED) is 0.622. The average molecular weight is 250 g/mol. The van der Waals surface area contributed by atoms with Crippen molar-refractivity contribution in [3.05, 3.63) is 28.3 Å². The lowest BCUT2D eigenvalue weighted by molar-refractivity contribution is -0.384. The number of nitrogens with one attached hydrogen (secondary N) is 1. The van der Waals surface area contributed by atoms with Crippen molar-refractivity contribution in [2.45, 2.75) is 32.2 Å². The van der Waals surface area contributed by atoms with E-state index >= 15 is 0 Å². The fraction of sp³-hybridized carbons (Fsp3) is 0.538. The van der Waals surface area contributed by atoms with Gasteiger partial charge in [0.1, 0.15) is 11.4 Å². The summed E-state index contributed by atoms with van der Waals surface area (Å²) in [4.78, 5) is 10.6. The Hall–Kier alpha value is -1.78. The highest BCUT2D eigenvalue weighted by atomic mass is 16.6. The van der Waals surface area contributed by atoms with E-state index in [9.17, 15) is 10.1 Å². The normalized spacial score (nSPS) is 21.4. The lowest BCUT2D eigenvalue weighted by Crippen LogP contribution is -2.07. The number of benzene rings is 1. The summed E-state index contributed by atoms with van der Waals surface area (Å²) in [6.07, 6.45) is 3.45. The van der Waals surface area contributed by atoms with Gasteiger partial charge in [-0.15, -0.1) is 0 Å². The van der Waals surface area contributed by atoms with Crippen molar-refractivity contribution in [1.29, 1.82) is 0 Å². The summed E-state index contributed by atoms with van der Waals surface area (Å²) in [5.41, 5.74) is 0.668. The molecule has 5 nitrogen and oxygen atoms in total. The van der Waals surface area contributed by atoms with Gasteiger partial charge in [-0.25, -0.2) is 0 Å². The van der Waals surface area contributed by atoms with Gasteiger partial charge in [-0.1, -0.05) is 13.3 Å². The van der Waals surface area contributed by atoms with Crippen molar-refractivity contribution in [3.63, 3.8) is 0 Å². The van der Waals surface area contributed by atoms with Crippen LogP contribution in [0.15, 0.2) is 18.2 Å². The Morgan fingerprint density at radius 1 is 1.56 bits per heavy atom. The minimum atomic E-state index is -0.373. The molecule has 0 spiro atoms. The second kappa shape index (κ2) is 5.25. The van der Waals surface area contributed by atoms with E-state index < -0.39 is 0 Å². The lowest BCUT2D eigenvalue weighted by atomic mass is 10.2. The Labute approximate surface area is 106 Å². The molecular formula is C13H18N2O3. The number of ether oxygens (including phenoxy) is 1. The van der Waals surface area contributed by atoms with Crippen LogP contribution in [0.2, 0.25) is 0 Å². The van der Waals surface area contributed by atoms with Crippen molar-refractivity contribution in [1.82, 2.24) is 0 Å². The van der Waals surface area contributed by atoms with Gasteiger partial charge in [-0.3, -0.25) is 10.1 Å². The number of nitro groups is 1. The second-order valence-corrected chi connectivity index (χ2v) is 4.68. The van der Waals surface area contributed by atoms with Gasteiger partial charge >= 0.3 is 0 Å². The molecule has 18 heavy (non-hydrogen) atoms. The zero-order chi connectivity index (χ0) is 13.1. The Kier molecular flexibility index (Phi) is 3.69. The van der Waals surface area contributed by atoms with Crippen LogP contribution in [0.3, 0.4) is 0 Å². The molecule has 1 saturated carbocycles. The van der Waals surface area contributed by atoms with Gasteiger partial charge in [0.25, 0.3) is 5.69 Å². The van der Waals surface area contributed by atoms with Crippen LogP contribution in [-0.2, 0) is 0 Å². The zero-order valence-corrected chi connectivity index (χ0v) is 10.7. The van der Waals surface area contributed by atoms with Crippen LogP contribution in [0, 0.1) is 16.0 Å². The summed E-state index contributed by atoms with van der Waals surface area (Å²) in [5, 5.41) is 14.3. The number of hydrogen-bond acceptors (Lipinski definition) is 4. The van der Waals surface area contributed by atoms with Gasteiger partial charge < -0.3 is 10.1 Å². The smallest absolute Gasteiger partial charge is 0.296 e. The number of nitro benzene ring substituents is 1. The first-order chi connectivity index (χ1) is 8.65. The summed E-state index contributed by atoms with van der Waals surface area (Å²) >= 11 is 0. The first-order valence-electron chi connectivity index (χ1n) is 6.24. The molecule has 1 aliphatic rings. The number of methoxy groups -OCH3 is 1. The zero-order valence-electron chi connectivity index (χ0n) is 10.7. The molecule has 1 aromatic carbocycles. The summed E-state index contributed by atoms with van der Waals surface area (Å²) in [7, 11) is 1.50.